The lowest BCUT2D eigenvalue weighted by molar-refractivity contribution is -0.174. The van der Waals surface area contributed by atoms with Crippen molar-refractivity contribution in [1.29, 1.82) is 0 Å². The molecule has 2 fully saturated rings. The van der Waals surface area contributed by atoms with E-state index in [0.29, 0.717) is 6.54 Å². The van der Waals surface area contributed by atoms with Gasteiger partial charge in [0.25, 0.3) is 0 Å². The maximum Gasteiger partial charge on any atom is 0.411 e. The molecule has 0 unspecified atom stereocenters. The molecule has 19 heavy (non-hydrogen) atoms. The van der Waals surface area contributed by atoms with Gasteiger partial charge >= 0.3 is 6.18 Å². The van der Waals surface area contributed by atoms with Crippen LogP contribution in [0.4, 0.5) is 13.2 Å². The first kappa shape index (κ1) is 15.1. The highest BCUT2D eigenvalue weighted by atomic mass is 19.4. The van der Waals surface area contributed by atoms with Crippen LogP contribution in [-0.4, -0.2) is 56.0 Å². The lowest BCUT2D eigenvalue weighted by Crippen LogP contribution is -2.49. The zero-order valence-electron chi connectivity index (χ0n) is 11.3. The number of nitrogens with one attached hydrogen (secondary N) is 1. The fourth-order valence-electron chi connectivity index (χ4n) is 3.18. The molecule has 2 rings (SSSR count). The monoisotopic (exact) mass is 280 g/mol. The van der Waals surface area contributed by atoms with Crippen LogP contribution in [0.15, 0.2) is 0 Å². The number of halogens is 3. The molecule has 3 nitrogen and oxygen atoms in total. The summed E-state index contributed by atoms with van der Waals surface area (Å²) in [5.41, 5.74) is 0.209. The molecule has 1 saturated heterocycles. The topological polar surface area (TPSA) is 24.5 Å². The van der Waals surface area contributed by atoms with Crippen LogP contribution in [0.2, 0.25) is 0 Å². The van der Waals surface area contributed by atoms with Crippen molar-refractivity contribution in [3.8, 4) is 0 Å². The minimum absolute atomic E-state index is 0.162. The van der Waals surface area contributed by atoms with Gasteiger partial charge in [-0.15, -0.1) is 0 Å². The minimum Gasteiger partial charge on any atom is -0.371 e. The Balaban J connectivity index is 1.73. The molecule has 0 aromatic rings. The van der Waals surface area contributed by atoms with E-state index >= 15 is 0 Å². The molecule has 0 aromatic heterocycles. The smallest absolute Gasteiger partial charge is 0.371 e. The standard InChI is InChI=1S/C13H23F3N2O/c14-13(15,16)11-19-9-8-18-7-3-6-17-12(10-18)4-1-2-5-12/h17H,1-11H2. The van der Waals surface area contributed by atoms with Crippen LogP contribution in [0.3, 0.4) is 0 Å². The lowest BCUT2D eigenvalue weighted by Gasteiger charge is -2.33. The minimum atomic E-state index is -4.22. The van der Waals surface area contributed by atoms with E-state index in [4.69, 9.17) is 4.74 Å². The molecule has 1 aliphatic heterocycles. The van der Waals surface area contributed by atoms with Crippen LogP contribution >= 0.6 is 0 Å². The van der Waals surface area contributed by atoms with Crippen molar-refractivity contribution >= 4 is 0 Å². The third-order valence-electron chi connectivity index (χ3n) is 4.06. The molecule has 1 aliphatic carbocycles. The maximum atomic E-state index is 12.0. The predicted octanol–water partition coefficient (Wildman–Crippen LogP) is 2.17. The zero-order chi connectivity index (χ0) is 13.8. The van der Waals surface area contributed by atoms with E-state index in [1.165, 1.54) is 25.7 Å². The van der Waals surface area contributed by atoms with Crippen LogP contribution in [0.1, 0.15) is 32.1 Å². The largest absolute Gasteiger partial charge is 0.411 e. The van der Waals surface area contributed by atoms with Crippen molar-refractivity contribution in [3.05, 3.63) is 0 Å². The van der Waals surface area contributed by atoms with Crippen molar-refractivity contribution in [3.63, 3.8) is 0 Å². The van der Waals surface area contributed by atoms with Gasteiger partial charge in [0.15, 0.2) is 0 Å². The van der Waals surface area contributed by atoms with E-state index in [2.05, 4.69) is 10.2 Å². The second kappa shape index (κ2) is 6.41. The predicted molar refractivity (Wildman–Crippen MR) is 67.1 cm³/mol. The first-order chi connectivity index (χ1) is 8.99. The molecule has 0 amide bonds. The summed E-state index contributed by atoms with van der Waals surface area (Å²) in [7, 11) is 0. The molecule has 1 saturated carbocycles. The van der Waals surface area contributed by atoms with Crippen LogP contribution in [0, 0.1) is 0 Å². The van der Waals surface area contributed by atoms with Crippen molar-refractivity contribution in [2.75, 3.05) is 39.4 Å². The molecule has 0 bridgehead atoms. The first-order valence-electron chi connectivity index (χ1n) is 7.11. The van der Waals surface area contributed by atoms with E-state index in [1.54, 1.807) is 0 Å². The van der Waals surface area contributed by atoms with Crippen LogP contribution in [0.25, 0.3) is 0 Å². The Bertz CT molecular complexity index is 278. The van der Waals surface area contributed by atoms with Gasteiger partial charge in [-0.3, -0.25) is 4.90 Å². The fraction of sp³-hybridized carbons (Fsp3) is 1.00. The summed E-state index contributed by atoms with van der Waals surface area (Å²) in [6.45, 7) is 2.53. The van der Waals surface area contributed by atoms with E-state index in [0.717, 1.165) is 26.1 Å². The quantitative estimate of drug-likeness (QED) is 0.799. The normalized spacial score (nSPS) is 24.8. The third kappa shape index (κ3) is 4.93. The summed E-state index contributed by atoms with van der Waals surface area (Å²) in [5, 5.41) is 3.64. The van der Waals surface area contributed by atoms with E-state index in [-0.39, 0.29) is 12.1 Å². The molecular weight excluding hydrogens is 257 g/mol. The number of rotatable bonds is 4. The Morgan fingerprint density at radius 1 is 1.16 bits per heavy atom. The highest BCUT2D eigenvalue weighted by Gasteiger charge is 2.36. The molecular formula is C13H23F3N2O. The van der Waals surface area contributed by atoms with Gasteiger partial charge in [-0.2, -0.15) is 13.2 Å². The van der Waals surface area contributed by atoms with Gasteiger partial charge in [-0.1, -0.05) is 12.8 Å². The molecule has 1 spiro atoms. The molecule has 2 aliphatic rings. The summed E-state index contributed by atoms with van der Waals surface area (Å²) in [6.07, 6.45) is 1.73. The van der Waals surface area contributed by atoms with Gasteiger partial charge in [0.1, 0.15) is 6.61 Å². The van der Waals surface area contributed by atoms with Gasteiger partial charge in [0.05, 0.1) is 6.61 Å². The summed E-state index contributed by atoms with van der Waals surface area (Å²) in [6, 6.07) is 0. The summed E-state index contributed by atoms with van der Waals surface area (Å²) in [4.78, 5) is 2.25. The SMILES string of the molecule is FC(F)(F)COCCN1CCCNC2(CCCC2)C1. The average molecular weight is 280 g/mol. The Kier molecular flexibility index (Phi) is 5.09. The highest BCUT2D eigenvalue weighted by Crippen LogP contribution is 2.31. The number of hydrogen-bond acceptors (Lipinski definition) is 3. The molecule has 1 heterocycles. The van der Waals surface area contributed by atoms with Crippen molar-refractivity contribution < 1.29 is 17.9 Å². The van der Waals surface area contributed by atoms with Gasteiger partial charge in [0, 0.05) is 18.6 Å². The van der Waals surface area contributed by atoms with Gasteiger partial charge in [-0.25, -0.2) is 0 Å². The second-order valence-corrected chi connectivity index (χ2v) is 5.71. The lowest BCUT2D eigenvalue weighted by atomic mass is 9.97. The summed E-state index contributed by atoms with van der Waals surface area (Å²) in [5.74, 6) is 0. The molecule has 6 heteroatoms. The Labute approximate surface area is 112 Å². The number of nitrogens with zero attached hydrogens (tertiary/aromatic N) is 1. The van der Waals surface area contributed by atoms with Gasteiger partial charge in [0.2, 0.25) is 0 Å². The van der Waals surface area contributed by atoms with Gasteiger partial charge in [-0.05, 0) is 32.4 Å². The molecule has 0 radical (unpaired) electrons. The van der Waals surface area contributed by atoms with Gasteiger partial charge < -0.3 is 10.1 Å². The Morgan fingerprint density at radius 3 is 2.58 bits per heavy atom. The Hall–Kier alpha value is -0.330. The van der Waals surface area contributed by atoms with Crippen LogP contribution < -0.4 is 5.32 Å². The van der Waals surface area contributed by atoms with Crippen molar-refractivity contribution in [2.45, 2.75) is 43.8 Å². The van der Waals surface area contributed by atoms with Crippen LogP contribution in [0.5, 0.6) is 0 Å². The Morgan fingerprint density at radius 2 is 1.89 bits per heavy atom. The molecule has 0 aromatic carbocycles. The fourth-order valence-corrected chi connectivity index (χ4v) is 3.18. The van der Waals surface area contributed by atoms with E-state index in [9.17, 15) is 13.2 Å². The number of ether oxygens (including phenoxy) is 1. The summed E-state index contributed by atoms with van der Waals surface area (Å²) >= 11 is 0. The molecule has 0 atom stereocenters. The van der Waals surface area contributed by atoms with Crippen LogP contribution in [-0.2, 0) is 4.74 Å². The third-order valence-corrected chi connectivity index (χ3v) is 4.06. The second-order valence-electron chi connectivity index (χ2n) is 5.71. The maximum absolute atomic E-state index is 12.0. The van der Waals surface area contributed by atoms with E-state index < -0.39 is 12.8 Å². The zero-order valence-corrected chi connectivity index (χ0v) is 11.3. The van der Waals surface area contributed by atoms with E-state index in [1.807, 2.05) is 0 Å². The average Bonchev–Trinajstić information content (AvgIpc) is 2.66. The van der Waals surface area contributed by atoms with Crippen molar-refractivity contribution in [2.24, 2.45) is 0 Å². The molecule has 112 valence electrons. The summed E-state index contributed by atoms with van der Waals surface area (Å²) < 4.78 is 40.6. The number of alkyl halides is 3. The molecule has 1 N–H and O–H groups in total. The van der Waals surface area contributed by atoms with Crippen molar-refractivity contribution in [1.82, 2.24) is 10.2 Å². The highest BCUT2D eigenvalue weighted by molar-refractivity contribution is 4.96. The first-order valence-corrected chi connectivity index (χ1v) is 7.11. The number of hydrogen-bond donors (Lipinski definition) is 1.